The van der Waals surface area contributed by atoms with Gasteiger partial charge in [0.1, 0.15) is 0 Å². The SMILES string of the molecule is O=C1NN(Cc2ccc3c(c2)OCO3)C(=O)C1Sc1ccccc1Cl.O=C1NN(Cc2cccc3ccccc23)C(=O)C1Sc1ccccc1Cl. The van der Waals surface area contributed by atoms with Crippen LogP contribution in [0.3, 0.4) is 0 Å². The number of halogens is 2. The van der Waals surface area contributed by atoms with Crippen LogP contribution in [0.2, 0.25) is 10.0 Å². The molecule has 5 aromatic carbocycles. The Labute approximate surface area is 311 Å². The highest BCUT2D eigenvalue weighted by Crippen LogP contribution is 2.36. The number of carbonyl (C=O) groups excluding carboxylic acids is 4. The van der Waals surface area contributed by atoms with Gasteiger partial charge in [0, 0.05) is 9.79 Å². The molecule has 3 heterocycles. The molecule has 2 fully saturated rings. The second-order valence-electron chi connectivity index (χ2n) is 11.5. The van der Waals surface area contributed by atoms with Gasteiger partial charge in [0.25, 0.3) is 23.6 Å². The molecule has 258 valence electrons. The topological polar surface area (TPSA) is 117 Å². The minimum Gasteiger partial charge on any atom is -0.454 e. The number of fused-ring (bicyclic) bond motifs is 2. The van der Waals surface area contributed by atoms with E-state index in [0.717, 1.165) is 38.6 Å². The van der Waals surface area contributed by atoms with Crippen LogP contribution in [-0.4, -0.2) is 50.9 Å². The second kappa shape index (κ2) is 15.2. The highest BCUT2D eigenvalue weighted by molar-refractivity contribution is 8.01. The molecule has 0 spiro atoms. The average Bonchev–Trinajstić information content (AvgIpc) is 3.79. The zero-order valence-corrected chi connectivity index (χ0v) is 29.7. The summed E-state index contributed by atoms with van der Waals surface area (Å²) < 4.78 is 10.6. The summed E-state index contributed by atoms with van der Waals surface area (Å²) >= 11 is 14.6. The normalized spacial score (nSPS) is 17.8. The minimum absolute atomic E-state index is 0.189. The smallest absolute Gasteiger partial charge is 0.264 e. The molecule has 0 aromatic heterocycles. The van der Waals surface area contributed by atoms with Crippen molar-refractivity contribution in [3.05, 3.63) is 130 Å². The Bertz CT molecular complexity index is 2170. The van der Waals surface area contributed by atoms with E-state index in [1.54, 1.807) is 42.5 Å². The Kier molecular flexibility index (Phi) is 10.3. The summed E-state index contributed by atoms with van der Waals surface area (Å²) in [6.45, 7) is 0.765. The van der Waals surface area contributed by atoms with E-state index in [1.165, 1.54) is 21.8 Å². The van der Waals surface area contributed by atoms with Crippen molar-refractivity contribution in [1.82, 2.24) is 20.9 Å². The third kappa shape index (κ3) is 7.59. The molecule has 51 heavy (non-hydrogen) atoms. The maximum atomic E-state index is 12.8. The van der Waals surface area contributed by atoms with E-state index in [1.807, 2.05) is 66.7 Å². The molecule has 4 amide bonds. The minimum atomic E-state index is -0.853. The van der Waals surface area contributed by atoms with Gasteiger partial charge in [-0.05, 0) is 58.3 Å². The van der Waals surface area contributed by atoms with Gasteiger partial charge in [0.05, 0.1) is 23.1 Å². The summed E-state index contributed by atoms with van der Waals surface area (Å²) in [5.74, 6) is 0.0846. The van der Waals surface area contributed by atoms with Gasteiger partial charge >= 0.3 is 0 Å². The lowest BCUT2D eigenvalue weighted by Gasteiger charge is -2.17. The van der Waals surface area contributed by atoms with E-state index in [9.17, 15) is 19.2 Å². The van der Waals surface area contributed by atoms with E-state index in [4.69, 9.17) is 32.7 Å². The summed E-state index contributed by atoms with van der Waals surface area (Å²) in [4.78, 5) is 51.3. The molecule has 5 aromatic rings. The molecule has 3 aliphatic heterocycles. The van der Waals surface area contributed by atoms with Crippen molar-refractivity contribution in [2.75, 3.05) is 6.79 Å². The van der Waals surface area contributed by atoms with Crippen molar-refractivity contribution in [3.8, 4) is 11.5 Å². The van der Waals surface area contributed by atoms with Gasteiger partial charge < -0.3 is 9.47 Å². The first-order valence-corrected chi connectivity index (χ1v) is 18.2. The molecule has 0 saturated carbocycles. The summed E-state index contributed by atoms with van der Waals surface area (Å²) in [6.07, 6.45) is 0. The lowest BCUT2D eigenvalue weighted by molar-refractivity contribution is -0.130. The number of carbonyl (C=O) groups is 4. The van der Waals surface area contributed by atoms with Crippen molar-refractivity contribution in [1.29, 1.82) is 0 Å². The van der Waals surface area contributed by atoms with Gasteiger partial charge in [-0.3, -0.25) is 30.0 Å². The highest BCUT2D eigenvalue weighted by atomic mass is 35.5. The Balaban J connectivity index is 0.000000159. The molecule has 0 bridgehead atoms. The first-order valence-electron chi connectivity index (χ1n) is 15.7. The summed E-state index contributed by atoms with van der Waals surface area (Å²) in [5.41, 5.74) is 7.13. The standard InChI is InChI=1S/C20H15ClN2O2S.C17H13ClN2O4S/c21-16-10-3-4-11-17(16)26-18-19(24)22-23(20(18)25)12-14-8-5-7-13-6-1-2-9-15(13)14;18-11-3-1-2-4-14(11)25-15-16(21)19-20(17(15)22)8-10-5-6-12-13(7-10)24-9-23-12/h1-11,18H,12H2,(H,22,24);1-7,15H,8-9H2,(H,19,21). The number of hydrazine groups is 2. The Hall–Kier alpha value is -4.88. The summed E-state index contributed by atoms with van der Waals surface area (Å²) in [5, 5.41) is 4.24. The highest BCUT2D eigenvalue weighted by Gasteiger charge is 2.41. The molecule has 14 heteroatoms. The van der Waals surface area contributed by atoms with Gasteiger partial charge in [0.15, 0.2) is 22.0 Å². The number of nitrogens with one attached hydrogen (secondary N) is 2. The number of hydrogen-bond acceptors (Lipinski definition) is 8. The molecule has 10 nitrogen and oxygen atoms in total. The van der Waals surface area contributed by atoms with Crippen LogP contribution >= 0.6 is 46.7 Å². The van der Waals surface area contributed by atoms with Crippen LogP contribution in [0.1, 0.15) is 11.1 Å². The molecule has 2 atom stereocenters. The maximum Gasteiger partial charge on any atom is 0.264 e. The van der Waals surface area contributed by atoms with Crippen LogP contribution in [0.5, 0.6) is 11.5 Å². The average molecular weight is 760 g/mol. The summed E-state index contributed by atoms with van der Waals surface area (Å²) in [7, 11) is 0. The van der Waals surface area contributed by atoms with Crippen molar-refractivity contribution < 1.29 is 28.7 Å². The lowest BCUT2D eigenvalue weighted by atomic mass is 10.0. The van der Waals surface area contributed by atoms with Gasteiger partial charge in [-0.2, -0.15) is 0 Å². The van der Waals surface area contributed by atoms with Crippen molar-refractivity contribution in [2.45, 2.75) is 33.4 Å². The predicted molar refractivity (Wildman–Crippen MR) is 196 cm³/mol. The Morgan fingerprint density at radius 3 is 1.82 bits per heavy atom. The number of thioether (sulfide) groups is 2. The molecule has 3 aliphatic rings. The van der Waals surface area contributed by atoms with Gasteiger partial charge in [0.2, 0.25) is 6.79 Å². The first kappa shape index (κ1) is 34.6. The fourth-order valence-corrected chi connectivity index (χ4v) is 8.10. The van der Waals surface area contributed by atoms with Crippen LogP contribution < -0.4 is 20.3 Å². The molecule has 2 N–H and O–H groups in total. The molecule has 2 unspecified atom stereocenters. The van der Waals surface area contributed by atoms with Crippen molar-refractivity contribution in [2.24, 2.45) is 0 Å². The molecular weight excluding hydrogens is 731 g/mol. The zero-order valence-electron chi connectivity index (χ0n) is 26.6. The van der Waals surface area contributed by atoms with Crippen molar-refractivity contribution >= 4 is 81.1 Å². The molecular formula is C37H28Cl2N4O6S2. The number of benzene rings is 5. The van der Waals surface area contributed by atoms with Crippen LogP contribution in [0.4, 0.5) is 0 Å². The van der Waals surface area contributed by atoms with E-state index in [0.29, 0.717) is 33.0 Å². The number of amides is 4. The fraction of sp³-hybridized carbons (Fsp3) is 0.135. The third-order valence-corrected chi connectivity index (χ3v) is 11.5. The largest absolute Gasteiger partial charge is 0.454 e. The molecule has 0 radical (unpaired) electrons. The van der Waals surface area contributed by atoms with Crippen LogP contribution in [0, 0.1) is 0 Å². The third-order valence-electron chi connectivity index (χ3n) is 8.10. The molecule has 2 saturated heterocycles. The maximum absolute atomic E-state index is 12.8. The number of nitrogens with zero attached hydrogens (tertiary/aromatic N) is 2. The van der Waals surface area contributed by atoms with E-state index in [2.05, 4.69) is 10.9 Å². The number of hydrogen-bond donors (Lipinski definition) is 2. The fourth-order valence-electron chi connectivity index (χ4n) is 5.60. The van der Waals surface area contributed by atoms with Gasteiger partial charge in [-0.25, -0.2) is 10.0 Å². The van der Waals surface area contributed by atoms with Crippen LogP contribution in [-0.2, 0) is 32.3 Å². The van der Waals surface area contributed by atoms with Crippen LogP contribution in [0.15, 0.2) is 119 Å². The second-order valence-corrected chi connectivity index (χ2v) is 14.6. The van der Waals surface area contributed by atoms with Crippen LogP contribution in [0.25, 0.3) is 10.8 Å². The number of rotatable bonds is 8. The van der Waals surface area contributed by atoms with E-state index < -0.39 is 10.5 Å². The Morgan fingerprint density at radius 1 is 0.627 bits per heavy atom. The first-order chi connectivity index (χ1) is 24.7. The van der Waals surface area contributed by atoms with Gasteiger partial charge in [-0.15, -0.1) is 23.5 Å². The quantitative estimate of drug-likeness (QED) is 0.170. The predicted octanol–water partition coefficient (Wildman–Crippen LogP) is 6.63. The lowest BCUT2D eigenvalue weighted by Crippen LogP contribution is -2.35. The van der Waals surface area contributed by atoms with E-state index in [-0.39, 0.29) is 37.0 Å². The number of ether oxygens (including phenoxy) is 2. The molecule has 8 rings (SSSR count). The summed E-state index contributed by atoms with van der Waals surface area (Å²) in [6, 6.07) is 33.7. The van der Waals surface area contributed by atoms with Gasteiger partial charge in [-0.1, -0.05) is 96.0 Å². The van der Waals surface area contributed by atoms with E-state index >= 15 is 0 Å². The van der Waals surface area contributed by atoms with Crippen molar-refractivity contribution in [3.63, 3.8) is 0 Å². The molecule has 0 aliphatic carbocycles. The zero-order chi connectivity index (χ0) is 35.5. The Morgan fingerprint density at radius 2 is 1.18 bits per heavy atom. The monoisotopic (exact) mass is 758 g/mol.